The average Bonchev–Trinajstić information content (AvgIpc) is 1.25. The Morgan fingerprint density at radius 1 is 1.50 bits per heavy atom. The van der Waals surface area contributed by atoms with Gasteiger partial charge in [-0.05, 0) is 0 Å². The van der Waals surface area contributed by atoms with Gasteiger partial charge in [-0.2, -0.15) is 0 Å². The van der Waals surface area contributed by atoms with Crippen LogP contribution in [0.2, 0.25) is 0.0125 Å². The summed E-state index contributed by atoms with van der Waals surface area (Å²) in [5.41, 5.74) is 0. The maximum Gasteiger partial charge on any atom is 0.347 e. The molecule has 0 unspecified atom stereocenters. The van der Waals surface area contributed by atoms with Gasteiger partial charge in [0.1, 0.15) is 0 Å². The SMILES string of the molecule is C[CH](C)[K].OC(O)=S. The number of aliphatic hydroxyl groups excluding tert-OH is 1. The van der Waals surface area contributed by atoms with E-state index in [9.17, 15) is 0 Å². The van der Waals surface area contributed by atoms with Crippen LogP contribution in [0.15, 0.2) is 0 Å². The molecule has 0 radical (unpaired) electrons. The molecule has 0 aliphatic rings. The van der Waals surface area contributed by atoms with E-state index < -0.39 is 5.24 Å². The first kappa shape index (κ1) is 12.0. The number of thiocarbonyl (C=S) groups is 1. The van der Waals surface area contributed by atoms with Crippen LogP contribution >= 0.6 is 12.2 Å². The minimum Gasteiger partial charge on any atom is -0.473 e. The van der Waals surface area contributed by atoms with E-state index in [1.165, 1.54) is 0 Å². The third kappa shape index (κ3) is 167. The largest absolute Gasteiger partial charge is 0.473 e. The summed E-state index contributed by atoms with van der Waals surface area (Å²) in [5, 5.41) is 13.7. The minimum atomic E-state index is -1.000. The van der Waals surface area contributed by atoms with E-state index in [4.69, 9.17) is 10.2 Å². The standard InChI is InChI=1S/C3H7.CH2O2S.K/c1-3-2;2-1(3)4;/h3H,1-2H3;(H2,2,3,4);. The molecule has 2 N–H and O–H groups in total. The second-order valence-electron chi connectivity index (χ2n) is 2.01. The fourth-order valence-electron chi connectivity index (χ4n) is 0. The van der Waals surface area contributed by atoms with Crippen LogP contribution in [0.1, 0.15) is 13.8 Å². The first-order chi connectivity index (χ1) is 3.46. The van der Waals surface area contributed by atoms with Crippen molar-refractivity contribution in [3.8, 4) is 0 Å². The maximum atomic E-state index is 7.34. The second-order valence-corrected chi connectivity index (χ2v) is 5.99. The fourth-order valence-corrected chi connectivity index (χ4v) is 0. The molecular weight excluding hydrogens is 151 g/mol. The number of hydrogen-bond acceptors (Lipinski definition) is 1. The molecule has 0 amide bonds. The molecule has 0 heterocycles. The van der Waals surface area contributed by atoms with Gasteiger partial charge in [0.15, 0.2) is 0 Å². The van der Waals surface area contributed by atoms with Crippen molar-refractivity contribution in [2.75, 3.05) is 0 Å². The molecule has 0 saturated carbocycles. The molecule has 0 rings (SSSR count). The summed E-state index contributed by atoms with van der Waals surface area (Å²) >= 11 is 4.71. The van der Waals surface area contributed by atoms with Crippen molar-refractivity contribution in [3.63, 3.8) is 0 Å². The molecule has 0 spiro atoms. The molecule has 0 aromatic rings. The van der Waals surface area contributed by atoms with Crippen LogP contribution in [-0.2, 0) is 0 Å². The Labute approximate surface area is 88.9 Å². The van der Waals surface area contributed by atoms with E-state index in [1.54, 1.807) is 0 Å². The van der Waals surface area contributed by atoms with E-state index in [0.29, 0.717) is 0 Å². The normalized spacial score (nSPS) is 7.62. The van der Waals surface area contributed by atoms with Crippen molar-refractivity contribution in [1.82, 2.24) is 0 Å². The van der Waals surface area contributed by atoms with E-state index in [0.717, 1.165) is 49.0 Å². The first-order valence-electron chi connectivity index (χ1n) is 2.38. The van der Waals surface area contributed by atoms with Crippen molar-refractivity contribution in [3.05, 3.63) is 0 Å². The molecule has 0 aliphatic heterocycles. The number of hydrogen-bond donors (Lipinski definition) is 2. The van der Waals surface area contributed by atoms with Gasteiger partial charge in [0.2, 0.25) is 0 Å². The zero-order valence-electron chi connectivity index (χ0n) is 5.38. The zero-order valence-corrected chi connectivity index (χ0v) is 9.32. The maximum absolute atomic E-state index is 7.34. The summed E-state index contributed by atoms with van der Waals surface area (Å²) in [6.07, 6.45) is 0. The van der Waals surface area contributed by atoms with Gasteiger partial charge < -0.3 is 10.2 Å². The van der Waals surface area contributed by atoms with Crippen LogP contribution in [0.4, 0.5) is 0 Å². The van der Waals surface area contributed by atoms with Gasteiger partial charge in [0.05, 0.1) is 0 Å². The smallest absolute Gasteiger partial charge is 0.347 e. The number of aliphatic hydroxyl groups is 2. The molecule has 0 bridgehead atoms. The molecule has 0 aliphatic carbocycles. The second kappa shape index (κ2) is 8.33. The zero-order chi connectivity index (χ0) is 7.15. The predicted octanol–water partition coefficient (Wildman–Crippen LogP) is 1.37. The van der Waals surface area contributed by atoms with E-state index in [2.05, 4.69) is 26.1 Å². The molecule has 0 atom stereocenters. The first-order valence-corrected chi connectivity index (χ1v) is 4.59. The van der Waals surface area contributed by atoms with Gasteiger partial charge >= 0.3 is 68.1 Å². The van der Waals surface area contributed by atoms with Gasteiger partial charge in [-0.3, -0.25) is 0 Å². The summed E-state index contributed by atoms with van der Waals surface area (Å²) in [5.74, 6) is 0. The van der Waals surface area contributed by atoms with Crippen LogP contribution in [0.5, 0.6) is 0 Å². The van der Waals surface area contributed by atoms with E-state index >= 15 is 0 Å². The molecule has 0 aromatic carbocycles. The van der Waals surface area contributed by atoms with Gasteiger partial charge in [-0.15, -0.1) is 0 Å². The van der Waals surface area contributed by atoms with Crippen LogP contribution in [0.25, 0.3) is 0 Å². The third-order valence-corrected chi connectivity index (χ3v) is 0. The summed E-state index contributed by atoms with van der Waals surface area (Å²) in [4.78, 5) is 0. The van der Waals surface area contributed by atoms with Crippen LogP contribution < -0.4 is 0 Å². The summed E-state index contributed by atoms with van der Waals surface area (Å²) < 4.78 is 1.02. The molecule has 0 saturated heterocycles. The van der Waals surface area contributed by atoms with Crippen LogP contribution in [0.3, 0.4) is 0 Å². The van der Waals surface area contributed by atoms with Crippen molar-refractivity contribution in [1.29, 1.82) is 0 Å². The molecule has 0 fully saturated rings. The van der Waals surface area contributed by atoms with E-state index in [1.807, 2.05) is 0 Å². The summed E-state index contributed by atoms with van der Waals surface area (Å²) in [6.45, 7) is 4.50. The van der Waals surface area contributed by atoms with Crippen molar-refractivity contribution in [2.45, 2.75) is 13.9 Å². The molecule has 4 heteroatoms. The third-order valence-electron chi connectivity index (χ3n) is 0. The van der Waals surface area contributed by atoms with Crippen molar-refractivity contribution in [2.24, 2.45) is 0 Å². The van der Waals surface area contributed by atoms with Gasteiger partial charge in [-0.25, -0.2) is 0 Å². The summed E-state index contributed by atoms with van der Waals surface area (Å²) in [7, 11) is 0. The van der Waals surface area contributed by atoms with Gasteiger partial charge in [0.25, 0.3) is 0 Å². The van der Waals surface area contributed by atoms with E-state index in [-0.39, 0.29) is 0 Å². The fraction of sp³-hybridized carbons (Fsp3) is 0.750. The Kier molecular flexibility index (Phi) is 12.5. The Morgan fingerprint density at radius 2 is 1.50 bits per heavy atom. The average molecular weight is 160 g/mol. The Hall–Kier alpha value is 1.33. The molecular formula is C4H9KO2S. The monoisotopic (exact) mass is 160 g/mol. The molecule has 8 heavy (non-hydrogen) atoms. The summed E-state index contributed by atoms with van der Waals surface area (Å²) in [6, 6.07) is 0. The van der Waals surface area contributed by atoms with Gasteiger partial charge in [0, 0.05) is 12.2 Å². The molecule has 44 valence electrons. The Bertz CT molecular complexity index is 58.3. The topological polar surface area (TPSA) is 40.5 Å². The Morgan fingerprint density at radius 3 is 1.50 bits per heavy atom. The molecule has 2 nitrogen and oxygen atoms in total. The van der Waals surface area contributed by atoms with Crippen molar-refractivity contribution >= 4 is 66.4 Å². The van der Waals surface area contributed by atoms with Crippen molar-refractivity contribution < 1.29 is 10.2 Å². The quantitative estimate of drug-likeness (QED) is 0.415. The molecule has 0 aromatic heterocycles. The van der Waals surface area contributed by atoms with Crippen LogP contribution in [0, 0.1) is 0 Å². The van der Waals surface area contributed by atoms with Crippen LogP contribution in [-0.4, -0.2) is 64.4 Å². The van der Waals surface area contributed by atoms with Gasteiger partial charge in [-0.1, -0.05) is 0 Å². The number of rotatable bonds is 0. The minimum absolute atomic E-state index is 1.000. The Balaban J connectivity index is 0. The predicted molar refractivity (Wildman–Crippen MR) is 38.7 cm³/mol.